The van der Waals surface area contributed by atoms with Gasteiger partial charge in [0.15, 0.2) is 0 Å². The summed E-state index contributed by atoms with van der Waals surface area (Å²) in [5.41, 5.74) is 5.36. The molecule has 0 radical (unpaired) electrons. The first-order valence-electron chi connectivity index (χ1n) is 8.44. The molecule has 9 nitrogen and oxygen atoms in total. The molecule has 0 aliphatic heterocycles. The number of unbranched alkanes of at least 4 members (excludes halogenated alkanes) is 1. The van der Waals surface area contributed by atoms with Crippen molar-refractivity contribution < 1.29 is 24.3 Å². The molecular weight excluding hydrogens is 328 g/mol. The average Bonchev–Trinajstić information content (AvgIpc) is 2.50. The lowest BCUT2D eigenvalue weighted by Gasteiger charge is -2.20. The first-order valence-corrected chi connectivity index (χ1v) is 8.44. The van der Waals surface area contributed by atoms with Crippen molar-refractivity contribution in [3.63, 3.8) is 0 Å². The van der Waals surface area contributed by atoms with Crippen LogP contribution >= 0.6 is 0 Å². The summed E-state index contributed by atoms with van der Waals surface area (Å²) < 4.78 is 0. The first-order chi connectivity index (χ1) is 11.7. The number of carbonyl (C=O) groups excluding carboxylic acids is 3. The molecule has 3 amide bonds. The molecule has 9 heteroatoms. The van der Waals surface area contributed by atoms with Gasteiger partial charge < -0.3 is 26.8 Å². The molecule has 0 fully saturated rings. The third-order valence-electron chi connectivity index (χ3n) is 3.40. The molecule has 0 spiro atoms. The van der Waals surface area contributed by atoms with Gasteiger partial charge in [-0.2, -0.15) is 0 Å². The standard InChI is InChI=1S/C16H30N4O5/c1-10(2)8-13(19-11(3)21)15(23)18-9-14(22)20-12(16(24)25)6-4-5-7-17/h10,12-13H,4-9,17H2,1-3H3,(H,18,23)(H,19,21)(H,20,22)(H,24,25)/t12-,13-/m0/s1. The second-order valence-electron chi connectivity index (χ2n) is 6.34. The SMILES string of the molecule is CC(=O)N[C@@H](CC(C)C)C(=O)NCC(=O)N[C@@H](CCCCN)C(=O)O. The van der Waals surface area contributed by atoms with E-state index < -0.39 is 29.9 Å². The van der Waals surface area contributed by atoms with Gasteiger partial charge >= 0.3 is 5.97 Å². The van der Waals surface area contributed by atoms with Crippen molar-refractivity contribution in [3.05, 3.63) is 0 Å². The Bertz CT molecular complexity index is 467. The van der Waals surface area contributed by atoms with Gasteiger partial charge in [-0.25, -0.2) is 4.79 Å². The molecular formula is C16H30N4O5. The number of aliphatic carboxylic acids is 1. The van der Waals surface area contributed by atoms with Crippen LogP contribution < -0.4 is 21.7 Å². The predicted octanol–water partition coefficient (Wildman–Crippen LogP) is -0.648. The van der Waals surface area contributed by atoms with E-state index in [-0.39, 0.29) is 24.8 Å². The van der Waals surface area contributed by atoms with E-state index >= 15 is 0 Å². The van der Waals surface area contributed by atoms with Crippen LogP contribution in [0.4, 0.5) is 0 Å². The van der Waals surface area contributed by atoms with E-state index in [1.54, 1.807) is 0 Å². The van der Waals surface area contributed by atoms with Crippen molar-refractivity contribution in [3.8, 4) is 0 Å². The van der Waals surface area contributed by atoms with Gasteiger partial charge in [0.05, 0.1) is 6.54 Å². The van der Waals surface area contributed by atoms with Crippen LogP contribution in [0.3, 0.4) is 0 Å². The summed E-state index contributed by atoms with van der Waals surface area (Å²) in [6.07, 6.45) is 1.96. The van der Waals surface area contributed by atoms with Gasteiger partial charge in [0.2, 0.25) is 17.7 Å². The normalized spacial score (nSPS) is 13.0. The number of nitrogens with one attached hydrogen (secondary N) is 3. The quantitative estimate of drug-likeness (QED) is 0.293. The van der Waals surface area contributed by atoms with Crippen LogP contribution in [0.1, 0.15) is 46.5 Å². The molecule has 0 aromatic carbocycles. The number of carboxylic acid groups (broad SMARTS) is 1. The molecule has 0 saturated heterocycles. The monoisotopic (exact) mass is 358 g/mol. The molecule has 0 heterocycles. The zero-order chi connectivity index (χ0) is 19.4. The van der Waals surface area contributed by atoms with Crippen LogP contribution in [-0.4, -0.2) is 54.0 Å². The van der Waals surface area contributed by atoms with E-state index in [9.17, 15) is 19.2 Å². The molecule has 144 valence electrons. The van der Waals surface area contributed by atoms with Gasteiger partial charge in [-0.1, -0.05) is 13.8 Å². The smallest absolute Gasteiger partial charge is 0.326 e. The Labute approximate surface area is 148 Å². The molecule has 0 saturated carbocycles. The zero-order valence-electron chi connectivity index (χ0n) is 15.1. The fourth-order valence-electron chi connectivity index (χ4n) is 2.23. The van der Waals surface area contributed by atoms with Crippen molar-refractivity contribution in [1.29, 1.82) is 0 Å². The van der Waals surface area contributed by atoms with Gasteiger partial charge in [0, 0.05) is 6.92 Å². The van der Waals surface area contributed by atoms with E-state index in [1.807, 2.05) is 13.8 Å². The maximum Gasteiger partial charge on any atom is 0.326 e. The van der Waals surface area contributed by atoms with E-state index in [4.69, 9.17) is 10.8 Å². The fourth-order valence-corrected chi connectivity index (χ4v) is 2.23. The minimum atomic E-state index is -1.13. The van der Waals surface area contributed by atoms with E-state index in [0.717, 1.165) is 0 Å². The maximum absolute atomic E-state index is 12.1. The van der Waals surface area contributed by atoms with E-state index in [2.05, 4.69) is 16.0 Å². The number of rotatable bonds is 12. The largest absolute Gasteiger partial charge is 0.480 e. The predicted molar refractivity (Wildman–Crippen MR) is 92.5 cm³/mol. The Balaban J connectivity index is 4.49. The lowest BCUT2D eigenvalue weighted by Crippen LogP contribution is -2.50. The van der Waals surface area contributed by atoms with Crippen LogP contribution in [0.25, 0.3) is 0 Å². The summed E-state index contributed by atoms with van der Waals surface area (Å²) in [6, 6.07) is -1.75. The molecule has 0 aromatic rings. The van der Waals surface area contributed by atoms with Crippen molar-refractivity contribution >= 4 is 23.7 Å². The third-order valence-corrected chi connectivity index (χ3v) is 3.40. The topological polar surface area (TPSA) is 151 Å². The Morgan fingerprint density at radius 3 is 2.16 bits per heavy atom. The minimum Gasteiger partial charge on any atom is -0.480 e. The number of carboxylic acids is 1. The molecule has 0 unspecified atom stereocenters. The molecule has 0 bridgehead atoms. The molecule has 2 atom stereocenters. The summed E-state index contributed by atoms with van der Waals surface area (Å²) in [6.45, 7) is 5.23. The zero-order valence-corrected chi connectivity index (χ0v) is 15.1. The van der Waals surface area contributed by atoms with Crippen molar-refractivity contribution in [1.82, 2.24) is 16.0 Å². The molecule has 6 N–H and O–H groups in total. The number of hydrogen-bond donors (Lipinski definition) is 5. The Morgan fingerprint density at radius 2 is 1.68 bits per heavy atom. The number of nitrogens with two attached hydrogens (primary N) is 1. The first kappa shape index (κ1) is 22.8. The van der Waals surface area contributed by atoms with Crippen LogP contribution in [-0.2, 0) is 19.2 Å². The molecule has 0 aromatic heterocycles. The van der Waals surface area contributed by atoms with Crippen LogP contribution in [0.15, 0.2) is 0 Å². The summed E-state index contributed by atoms with van der Waals surface area (Å²) >= 11 is 0. The third kappa shape index (κ3) is 11.1. The summed E-state index contributed by atoms with van der Waals surface area (Å²) in [5.74, 6) is -2.37. The van der Waals surface area contributed by atoms with E-state index in [0.29, 0.717) is 25.8 Å². The summed E-state index contributed by atoms with van der Waals surface area (Å²) in [7, 11) is 0. The highest BCUT2D eigenvalue weighted by atomic mass is 16.4. The van der Waals surface area contributed by atoms with Gasteiger partial charge in [-0.3, -0.25) is 14.4 Å². The Morgan fingerprint density at radius 1 is 1.04 bits per heavy atom. The molecule has 25 heavy (non-hydrogen) atoms. The van der Waals surface area contributed by atoms with Gasteiger partial charge in [0.25, 0.3) is 0 Å². The minimum absolute atomic E-state index is 0.176. The highest BCUT2D eigenvalue weighted by Gasteiger charge is 2.23. The molecule has 0 aliphatic carbocycles. The molecule has 0 aliphatic rings. The van der Waals surface area contributed by atoms with Gasteiger partial charge in [-0.15, -0.1) is 0 Å². The molecule has 0 rings (SSSR count). The van der Waals surface area contributed by atoms with Gasteiger partial charge in [-0.05, 0) is 38.1 Å². The van der Waals surface area contributed by atoms with Crippen molar-refractivity contribution in [2.75, 3.05) is 13.1 Å². The summed E-state index contributed by atoms with van der Waals surface area (Å²) in [4.78, 5) is 46.3. The highest BCUT2D eigenvalue weighted by molar-refractivity contribution is 5.91. The lowest BCUT2D eigenvalue weighted by atomic mass is 10.0. The van der Waals surface area contributed by atoms with Crippen molar-refractivity contribution in [2.24, 2.45) is 11.7 Å². The number of amides is 3. The maximum atomic E-state index is 12.1. The van der Waals surface area contributed by atoms with Crippen LogP contribution in [0.5, 0.6) is 0 Å². The van der Waals surface area contributed by atoms with Crippen LogP contribution in [0, 0.1) is 5.92 Å². The highest BCUT2D eigenvalue weighted by Crippen LogP contribution is 2.05. The van der Waals surface area contributed by atoms with Gasteiger partial charge in [0.1, 0.15) is 12.1 Å². The fraction of sp³-hybridized carbons (Fsp3) is 0.750. The Hall–Kier alpha value is -2.16. The Kier molecular flexibility index (Phi) is 11.2. The van der Waals surface area contributed by atoms with Crippen LogP contribution in [0.2, 0.25) is 0 Å². The van der Waals surface area contributed by atoms with Crippen molar-refractivity contribution in [2.45, 2.75) is 58.5 Å². The summed E-state index contributed by atoms with van der Waals surface area (Å²) in [5, 5.41) is 16.4. The lowest BCUT2D eigenvalue weighted by molar-refractivity contribution is -0.142. The average molecular weight is 358 g/mol. The number of carbonyl (C=O) groups is 4. The second kappa shape index (κ2) is 12.2. The number of hydrogen-bond acceptors (Lipinski definition) is 5. The second-order valence-corrected chi connectivity index (χ2v) is 6.34. The van der Waals surface area contributed by atoms with E-state index in [1.165, 1.54) is 6.92 Å².